The maximum atomic E-state index is 5.90. The Hall–Kier alpha value is -1.22. The second-order valence-corrected chi connectivity index (χ2v) is 4.72. The maximum Gasteiger partial charge on any atom is 0.203 e. The number of anilines is 1. The van der Waals surface area contributed by atoms with Crippen molar-refractivity contribution in [2.75, 3.05) is 11.9 Å². The van der Waals surface area contributed by atoms with Crippen LogP contribution >= 0.6 is 11.6 Å². The molecule has 1 aromatic carbocycles. The normalized spacial score (nSPS) is 12.9. The fraction of sp³-hybridized carbons (Fsp3) is 0.417. The summed E-state index contributed by atoms with van der Waals surface area (Å²) in [7, 11) is 2.02. The Morgan fingerprint density at radius 1 is 1.44 bits per heavy atom. The lowest BCUT2D eigenvalue weighted by Gasteiger charge is -2.06. The van der Waals surface area contributed by atoms with E-state index in [0.717, 1.165) is 29.9 Å². The van der Waals surface area contributed by atoms with Crippen LogP contribution in [0.3, 0.4) is 0 Å². The summed E-state index contributed by atoms with van der Waals surface area (Å²) >= 11 is 5.90. The summed E-state index contributed by atoms with van der Waals surface area (Å²) < 4.78 is 2.06. The minimum atomic E-state index is 0.196. The van der Waals surface area contributed by atoms with Gasteiger partial charge in [-0.05, 0) is 25.5 Å². The van der Waals surface area contributed by atoms with E-state index in [9.17, 15) is 0 Å². The number of hydrogen-bond donors (Lipinski definition) is 1. The third kappa shape index (κ3) is 2.30. The lowest BCUT2D eigenvalue weighted by atomic mass is 10.3. The molecule has 1 aromatic heterocycles. The lowest BCUT2D eigenvalue weighted by molar-refractivity contribution is 0.823. The highest BCUT2D eigenvalue weighted by atomic mass is 35.5. The van der Waals surface area contributed by atoms with E-state index >= 15 is 0 Å². The maximum absolute atomic E-state index is 5.90. The Kier molecular flexibility index (Phi) is 3.34. The molecule has 0 aliphatic carbocycles. The fourth-order valence-electron chi connectivity index (χ4n) is 1.69. The minimum absolute atomic E-state index is 0.196. The number of imidazole rings is 1. The van der Waals surface area contributed by atoms with Gasteiger partial charge in [-0.2, -0.15) is 0 Å². The van der Waals surface area contributed by atoms with Gasteiger partial charge < -0.3 is 9.88 Å². The monoisotopic (exact) mass is 237 g/mol. The van der Waals surface area contributed by atoms with Crippen molar-refractivity contribution in [2.45, 2.75) is 18.7 Å². The van der Waals surface area contributed by atoms with E-state index in [1.807, 2.05) is 32.2 Å². The Morgan fingerprint density at radius 3 is 2.88 bits per heavy atom. The molecule has 0 aliphatic heterocycles. The average molecular weight is 238 g/mol. The third-order valence-electron chi connectivity index (χ3n) is 2.61. The van der Waals surface area contributed by atoms with Crippen LogP contribution in [0.25, 0.3) is 11.0 Å². The van der Waals surface area contributed by atoms with E-state index in [-0.39, 0.29) is 5.38 Å². The van der Waals surface area contributed by atoms with E-state index in [1.165, 1.54) is 0 Å². The zero-order valence-electron chi connectivity index (χ0n) is 9.57. The number of para-hydroxylation sites is 2. The summed E-state index contributed by atoms with van der Waals surface area (Å²) in [4.78, 5) is 4.52. The molecule has 86 valence electrons. The molecule has 2 aromatic rings. The number of aromatic nitrogens is 2. The first-order valence-corrected chi connectivity index (χ1v) is 5.91. The van der Waals surface area contributed by atoms with Crippen molar-refractivity contribution in [3.8, 4) is 0 Å². The molecule has 1 N–H and O–H groups in total. The smallest absolute Gasteiger partial charge is 0.203 e. The first kappa shape index (κ1) is 11.3. The van der Waals surface area contributed by atoms with Crippen LogP contribution in [0.5, 0.6) is 0 Å². The van der Waals surface area contributed by atoms with Crippen LogP contribution < -0.4 is 5.32 Å². The van der Waals surface area contributed by atoms with Crippen molar-refractivity contribution < 1.29 is 0 Å². The molecule has 4 heteroatoms. The van der Waals surface area contributed by atoms with Gasteiger partial charge in [0.2, 0.25) is 5.95 Å². The lowest BCUT2D eigenvalue weighted by Crippen LogP contribution is -2.09. The van der Waals surface area contributed by atoms with Crippen molar-refractivity contribution in [1.29, 1.82) is 0 Å². The predicted octanol–water partition coefficient (Wildman–Crippen LogP) is 3.00. The largest absolute Gasteiger partial charge is 0.356 e. The van der Waals surface area contributed by atoms with Crippen LogP contribution in [0, 0.1) is 0 Å². The van der Waals surface area contributed by atoms with Crippen LogP contribution in [0.2, 0.25) is 0 Å². The van der Waals surface area contributed by atoms with E-state index in [4.69, 9.17) is 11.6 Å². The Labute approximate surface area is 100 Å². The van der Waals surface area contributed by atoms with Crippen molar-refractivity contribution in [3.05, 3.63) is 24.3 Å². The summed E-state index contributed by atoms with van der Waals surface area (Å²) in [5.41, 5.74) is 2.16. The molecule has 0 radical (unpaired) electrons. The number of aryl methyl sites for hydroxylation is 1. The molecular formula is C12H16ClN3. The molecule has 1 atom stereocenters. The molecule has 1 unspecified atom stereocenters. The summed E-state index contributed by atoms with van der Waals surface area (Å²) in [6.45, 7) is 2.85. The summed E-state index contributed by atoms with van der Waals surface area (Å²) in [6, 6.07) is 8.11. The summed E-state index contributed by atoms with van der Waals surface area (Å²) in [6.07, 6.45) is 0.935. The van der Waals surface area contributed by atoms with Gasteiger partial charge in [-0.3, -0.25) is 0 Å². The Bertz CT molecular complexity index is 476. The highest BCUT2D eigenvalue weighted by Crippen LogP contribution is 2.17. The summed E-state index contributed by atoms with van der Waals surface area (Å²) in [5, 5.41) is 3.50. The molecule has 3 nitrogen and oxygen atoms in total. The molecular weight excluding hydrogens is 222 g/mol. The second-order valence-electron chi connectivity index (χ2n) is 3.98. The first-order chi connectivity index (χ1) is 7.68. The van der Waals surface area contributed by atoms with Crippen molar-refractivity contribution in [1.82, 2.24) is 9.55 Å². The molecule has 0 spiro atoms. The zero-order chi connectivity index (χ0) is 11.5. The van der Waals surface area contributed by atoms with E-state index in [0.29, 0.717) is 0 Å². The highest BCUT2D eigenvalue weighted by molar-refractivity contribution is 6.20. The molecule has 0 saturated carbocycles. The fourth-order valence-corrected chi connectivity index (χ4v) is 1.80. The zero-order valence-corrected chi connectivity index (χ0v) is 10.3. The number of nitrogens with one attached hydrogen (secondary N) is 1. The number of nitrogens with zero attached hydrogens (tertiary/aromatic N) is 2. The molecule has 2 rings (SSSR count). The SMILES string of the molecule is CC(Cl)CCNc1nc2ccccc2n1C. The number of benzene rings is 1. The second kappa shape index (κ2) is 4.74. The highest BCUT2D eigenvalue weighted by Gasteiger charge is 2.06. The standard InChI is InChI=1S/C12H16ClN3/c1-9(13)7-8-14-12-15-10-5-3-4-6-11(10)16(12)2/h3-6,9H,7-8H2,1-2H3,(H,14,15). The van der Waals surface area contributed by atoms with Crippen molar-refractivity contribution in [2.24, 2.45) is 7.05 Å². The van der Waals surface area contributed by atoms with Crippen LogP contribution in [0.15, 0.2) is 24.3 Å². The van der Waals surface area contributed by atoms with Crippen LogP contribution in [-0.4, -0.2) is 21.5 Å². The van der Waals surface area contributed by atoms with Gasteiger partial charge in [0, 0.05) is 19.0 Å². The van der Waals surface area contributed by atoms with Crippen LogP contribution in [0.1, 0.15) is 13.3 Å². The quantitative estimate of drug-likeness (QED) is 0.829. The topological polar surface area (TPSA) is 29.9 Å². The molecule has 0 fully saturated rings. The van der Waals surface area contributed by atoms with E-state index in [2.05, 4.69) is 20.9 Å². The van der Waals surface area contributed by atoms with Gasteiger partial charge in [0.1, 0.15) is 0 Å². The molecule has 16 heavy (non-hydrogen) atoms. The predicted molar refractivity (Wildman–Crippen MR) is 69.1 cm³/mol. The van der Waals surface area contributed by atoms with Crippen molar-refractivity contribution in [3.63, 3.8) is 0 Å². The Morgan fingerprint density at radius 2 is 2.19 bits per heavy atom. The van der Waals surface area contributed by atoms with Gasteiger partial charge in [-0.25, -0.2) is 4.98 Å². The number of hydrogen-bond acceptors (Lipinski definition) is 2. The minimum Gasteiger partial charge on any atom is -0.356 e. The third-order valence-corrected chi connectivity index (χ3v) is 2.83. The molecule has 1 heterocycles. The van der Waals surface area contributed by atoms with Gasteiger partial charge in [-0.15, -0.1) is 11.6 Å². The van der Waals surface area contributed by atoms with Crippen LogP contribution in [-0.2, 0) is 7.05 Å². The first-order valence-electron chi connectivity index (χ1n) is 5.48. The van der Waals surface area contributed by atoms with Gasteiger partial charge in [-0.1, -0.05) is 12.1 Å². The van der Waals surface area contributed by atoms with E-state index < -0.39 is 0 Å². The molecule has 0 saturated heterocycles. The van der Waals surface area contributed by atoms with Gasteiger partial charge >= 0.3 is 0 Å². The number of halogens is 1. The van der Waals surface area contributed by atoms with Gasteiger partial charge in [0.25, 0.3) is 0 Å². The number of fused-ring (bicyclic) bond motifs is 1. The average Bonchev–Trinajstić information content (AvgIpc) is 2.56. The van der Waals surface area contributed by atoms with Gasteiger partial charge in [0.15, 0.2) is 0 Å². The summed E-state index contributed by atoms with van der Waals surface area (Å²) in [5.74, 6) is 0.901. The molecule has 0 aliphatic rings. The number of rotatable bonds is 4. The molecule has 0 amide bonds. The van der Waals surface area contributed by atoms with Crippen LogP contribution in [0.4, 0.5) is 5.95 Å². The number of alkyl halides is 1. The van der Waals surface area contributed by atoms with Gasteiger partial charge in [0.05, 0.1) is 11.0 Å². The Balaban J connectivity index is 2.15. The van der Waals surface area contributed by atoms with Crippen molar-refractivity contribution >= 4 is 28.6 Å². The molecule has 0 bridgehead atoms. The van der Waals surface area contributed by atoms with E-state index in [1.54, 1.807) is 0 Å².